The molecule has 5 nitrogen and oxygen atoms in total. The van der Waals surface area contributed by atoms with Gasteiger partial charge in [0, 0.05) is 6.54 Å². The van der Waals surface area contributed by atoms with Gasteiger partial charge in [-0.25, -0.2) is 0 Å². The van der Waals surface area contributed by atoms with Gasteiger partial charge >= 0.3 is 0 Å². The smallest absolute Gasteiger partial charge is 0.0969 e. The van der Waals surface area contributed by atoms with Gasteiger partial charge in [-0.05, 0) is 43.9 Å². The molecule has 0 spiro atoms. The summed E-state index contributed by atoms with van der Waals surface area (Å²) in [5, 5.41) is 21.6. The number of nitrogens with one attached hydrogen (secondary N) is 1. The highest BCUT2D eigenvalue weighted by Crippen LogP contribution is 2.24. The molecule has 3 rings (SSSR count). The highest BCUT2D eigenvalue weighted by Gasteiger charge is 2.22. The standard InChI is InChI=1S/C15H20N4O/c20-15-7-6-12(8-15)9-16-10-13-11-17-19(18-13)14-4-2-1-3-5-14/h1-5,11-12,15-16,20H,6-10H2. The largest absolute Gasteiger partial charge is 0.393 e. The lowest BCUT2D eigenvalue weighted by molar-refractivity contribution is 0.177. The zero-order chi connectivity index (χ0) is 13.8. The van der Waals surface area contributed by atoms with E-state index in [-0.39, 0.29) is 6.10 Å². The number of aliphatic hydroxyl groups is 1. The van der Waals surface area contributed by atoms with E-state index in [2.05, 4.69) is 15.5 Å². The molecule has 1 aliphatic rings. The number of aliphatic hydroxyl groups excluding tert-OH is 1. The van der Waals surface area contributed by atoms with Crippen molar-refractivity contribution in [3.05, 3.63) is 42.2 Å². The van der Waals surface area contributed by atoms with E-state index < -0.39 is 0 Å². The Balaban J connectivity index is 1.50. The zero-order valence-electron chi connectivity index (χ0n) is 11.4. The molecule has 0 saturated heterocycles. The minimum Gasteiger partial charge on any atom is -0.393 e. The first-order valence-electron chi connectivity index (χ1n) is 7.16. The molecule has 20 heavy (non-hydrogen) atoms. The third kappa shape index (κ3) is 3.23. The molecule has 1 saturated carbocycles. The molecular weight excluding hydrogens is 252 g/mol. The van der Waals surface area contributed by atoms with Crippen molar-refractivity contribution >= 4 is 0 Å². The third-order valence-corrected chi connectivity index (χ3v) is 3.78. The second kappa shape index (κ2) is 6.15. The number of para-hydroxylation sites is 1. The van der Waals surface area contributed by atoms with Crippen LogP contribution in [0.25, 0.3) is 5.69 Å². The maximum atomic E-state index is 9.49. The first-order chi connectivity index (χ1) is 9.81. The van der Waals surface area contributed by atoms with Crippen LogP contribution in [0.3, 0.4) is 0 Å². The van der Waals surface area contributed by atoms with Crippen molar-refractivity contribution in [2.24, 2.45) is 5.92 Å². The summed E-state index contributed by atoms with van der Waals surface area (Å²) in [5.74, 6) is 0.592. The fourth-order valence-electron chi connectivity index (χ4n) is 2.70. The van der Waals surface area contributed by atoms with Crippen molar-refractivity contribution < 1.29 is 5.11 Å². The number of hydrogen-bond donors (Lipinski definition) is 2. The normalized spacial score (nSPS) is 22.2. The Bertz CT molecular complexity index is 540. The second-order valence-corrected chi connectivity index (χ2v) is 5.42. The molecule has 2 N–H and O–H groups in total. The molecule has 0 bridgehead atoms. The minimum absolute atomic E-state index is 0.0965. The van der Waals surface area contributed by atoms with Gasteiger partial charge in [-0.3, -0.25) is 0 Å². The summed E-state index contributed by atoms with van der Waals surface area (Å²) < 4.78 is 0. The molecule has 1 aliphatic carbocycles. The van der Waals surface area contributed by atoms with Gasteiger partial charge in [0.2, 0.25) is 0 Å². The number of hydrogen-bond acceptors (Lipinski definition) is 4. The first kappa shape index (κ1) is 13.3. The molecule has 1 aromatic carbocycles. The van der Waals surface area contributed by atoms with Crippen molar-refractivity contribution in [1.29, 1.82) is 0 Å². The molecule has 1 heterocycles. The molecule has 0 radical (unpaired) electrons. The first-order valence-corrected chi connectivity index (χ1v) is 7.16. The topological polar surface area (TPSA) is 63.0 Å². The number of aromatic nitrogens is 3. The van der Waals surface area contributed by atoms with Crippen LogP contribution in [0.15, 0.2) is 36.5 Å². The lowest BCUT2D eigenvalue weighted by Gasteiger charge is -2.09. The Morgan fingerprint density at radius 1 is 1.25 bits per heavy atom. The Kier molecular flexibility index (Phi) is 4.08. The predicted molar refractivity (Wildman–Crippen MR) is 76.4 cm³/mol. The number of rotatable bonds is 5. The van der Waals surface area contributed by atoms with Crippen LogP contribution in [0.1, 0.15) is 25.0 Å². The summed E-state index contributed by atoms with van der Waals surface area (Å²) >= 11 is 0. The Morgan fingerprint density at radius 2 is 2.10 bits per heavy atom. The fourth-order valence-corrected chi connectivity index (χ4v) is 2.70. The summed E-state index contributed by atoms with van der Waals surface area (Å²) in [6.07, 6.45) is 4.68. The summed E-state index contributed by atoms with van der Waals surface area (Å²) in [4.78, 5) is 1.65. The summed E-state index contributed by atoms with van der Waals surface area (Å²) in [6, 6.07) is 9.89. The van der Waals surface area contributed by atoms with Crippen molar-refractivity contribution in [1.82, 2.24) is 20.3 Å². The van der Waals surface area contributed by atoms with E-state index in [1.807, 2.05) is 30.3 Å². The molecule has 0 amide bonds. The van der Waals surface area contributed by atoms with Crippen molar-refractivity contribution in [3.8, 4) is 5.69 Å². The summed E-state index contributed by atoms with van der Waals surface area (Å²) in [5.41, 5.74) is 1.91. The molecule has 1 aromatic heterocycles. The predicted octanol–water partition coefficient (Wildman–Crippen LogP) is 1.52. The molecule has 5 heteroatoms. The zero-order valence-corrected chi connectivity index (χ0v) is 11.4. The van der Waals surface area contributed by atoms with E-state index in [0.29, 0.717) is 5.92 Å². The molecular formula is C15H20N4O. The average molecular weight is 272 g/mol. The maximum Gasteiger partial charge on any atom is 0.0969 e. The van der Waals surface area contributed by atoms with Gasteiger partial charge in [0.05, 0.1) is 23.7 Å². The van der Waals surface area contributed by atoms with Gasteiger partial charge in [-0.15, -0.1) is 0 Å². The van der Waals surface area contributed by atoms with Crippen LogP contribution in [0.2, 0.25) is 0 Å². The lowest BCUT2D eigenvalue weighted by Crippen LogP contribution is -2.21. The van der Waals surface area contributed by atoms with Crippen LogP contribution in [0.4, 0.5) is 0 Å². The monoisotopic (exact) mass is 272 g/mol. The van der Waals surface area contributed by atoms with E-state index in [1.165, 1.54) is 0 Å². The molecule has 106 valence electrons. The SMILES string of the molecule is OC1CCC(CNCc2cnn(-c3ccccc3)n2)C1. The van der Waals surface area contributed by atoms with Crippen LogP contribution in [-0.4, -0.2) is 32.7 Å². The Labute approximate surface area is 118 Å². The molecule has 0 aliphatic heterocycles. The van der Waals surface area contributed by atoms with E-state index in [1.54, 1.807) is 11.0 Å². The highest BCUT2D eigenvalue weighted by molar-refractivity contribution is 5.28. The second-order valence-electron chi connectivity index (χ2n) is 5.42. The Hall–Kier alpha value is -1.72. The van der Waals surface area contributed by atoms with Crippen LogP contribution in [0.5, 0.6) is 0 Å². The quantitative estimate of drug-likeness (QED) is 0.866. The highest BCUT2D eigenvalue weighted by atomic mass is 16.3. The minimum atomic E-state index is -0.0965. The van der Waals surface area contributed by atoms with Gasteiger partial charge in [0.25, 0.3) is 0 Å². The van der Waals surface area contributed by atoms with Crippen LogP contribution in [-0.2, 0) is 6.54 Å². The van der Waals surface area contributed by atoms with Gasteiger partial charge < -0.3 is 10.4 Å². The Morgan fingerprint density at radius 3 is 2.85 bits per heavy atom. The third-order valence-electron chi connectivity index (χ3n) is 3.78. The van der Waals surface area contributed by atoms with Crippen molar-refractivity contribution in [2.75, 3.05) is 6.54 Å². The van der Waals surface area contributed by atoms with E-state index >= 15 is 0 Å². The van der Waals surface area contributed by atoms with E-state index in [0.717, 1.165) is 43.7 Å². The van der Waals surface area contributed by atoms with E-state index in [4.69, 9.17) is 0 Å². The van der Waals surface area contributed by atoms with Crippen LogP contribution < -0.4 is 5.32 Å². The van der Waals surface area contributed by atoms with Gasteiger partial charge in [-0.2, -0.15) is 15.0 Å². The van der Waals surface area contributed by atoms with E-state index in [9.17, 15) is 5.11 Å². The number of benzene rings is 1. The lowest BCUT2D eigenvalue weighted by atomic mass is 10.1. The van der Waals surface area contributed by atoms with Crippen LogP contribution >= 0.6 is 0 Å². The maximum absolute atomic E-state index is 9.49. The van der Waals surface area contributed by atoms with Gasteiger partial charge in [0.1, 0.15) is 0 Å². The molecule has 1 fully saturated rings. The number of nitrogens with zero attached hydrogens (tertiary/aromatic N) is 3. The molecule has 2 unspecified atom stereocenters. The summed E-state index contributed by atoms with van der Waals surface area (Å²) in [7, 11) is 0. The molecule has 2 atom stereocenters. The summed E-state index contributed by atoms with van der Waals surface area (Å²) in [6.45, 7) is 1.66. The average Bonchev–Trinajstić information content (AvgIpc) is 3.09. The molecule has 2 aromatic rings. The van der Waals surface area contributed by atoms with Gasteiger partial charge in [-0.1, -0.05) is 18.2 Å². The van der Waals surface area contributed by atoms with Gasteiger partial charge in [0.15, 0.2) is 0 Å². The van der Waals surface area contributed by atoms with Crippen LogP contribution in [0, 0.1) is 5.92 Å². The fraction of sp³-hybridized carbons (Fsp3) is 0.467. The van der Waals surface area contributed by atoms with Crippen molar-refractivity contribution in [2.45, 2.75) is 31.9 Å². The van der Waals surface area contributed by atoms with Crippen molar-refractivity contribution in [3.63, 3.8) is 0 Å².